The summed E-state index contributed by atoms with van der Waals surface area (Å²) in [6, 6.07) is 13.6. The predicted octanol–water partition coefficient (Wildman–Crippen LogP) is 5.38. The van der Waals surface area contributed by atoms with Crippen LogP contribution in [0.15, 0.2) is 63.9 Å². The van der Waals surface area contributed by atoms with Gasteiger partial charge in [-0.2, -0.15) is 0 Å². The number of carbonyl (C=O) groups is 1. The van der Waals surface area contributed by atoms with Gasteiger partial charge >= 0.3 is 0 Å². The average Bonchev–Trinajstić information content (AvgIpc) is 3.07. The second-order valence-corrected chi connectivity index (χ2v) is 7.58. The van der Waals surface area contributed by atoms with E-state index in [1.807, 2.05) is 0 Å². The maximum atomic E-state index is 12.3. The zero-order chi connectivity index (χ0) is 18.9. The number of nitrogens with one attached hydrogen (secondary N) is 2. The Morgan fingerprint density at radius 2 is 1.77 bits per heavy atom. The Labute approximate surface area is 159 Å². The van der Waals surface area contributed by atoms with Crippen LogP contribution in [0.2, 0.25) is 10.0 Å². The number of benzene rings is 2. The molecule has 0 aliphatic carbocycles. The number of hydrogen-bond donors (Lipinski definition) is 3. The van der Waals surface area contributed by atoms with Crippen molar-refractivity contribution in [1.82, 2.24) is 0 Å². The van der Waals surface area contributed by atoms with Crippen molar-refractivity contribution in [2.45, 2.75) is 4.90 Å². The van der Waals surface area contributed by atoms with E-state index in [4.69, 9.17) is 37.0 Å². The lowest BCUT2D eigenvalue weighted by molar-refractivity contribution is 0.0997. The third-order valence-electron chi connectivity index (χ3n) is 3.48. The van der Waals surface area contributed by atoms with Crippen LogP contribution in [-0.4, -0.2) is 14.7 Å². The van der Waals surface area contributed by atoms with Crippen LogP contribution in [0.5, 0.6) is 0 Å². The van der Waals surface area contributed by atoms with Crippen LogP contribution in [0.1, 0.15) is 10.6 Å². The number of rotatable bonds is 4. The summed E-state index contributed by atoms with van der Waals surface area (Å²) in [5.41, 5.74) is 0.955. The minimum absolute atomic E-state index is 0.0496. The van der Waals surface area contributed by atoms with Crippen LogP contribution in [-0.2, 0) is 10.0 Å². The maximum Gasteiger partial charge on any atom is 0.291 e. The first-order valence-corrected chi connectivity index (χ1v) is 9.49. The Hall–Kier alpha value is -2.32. The van der Waals surface area contributed by atoms with Gasteiger partial charge in [0.1, 0.15) is 5.76 Å². The largest absolute Gasteiger partial charge is 0.451 e. The lowest BCUT2D eigenvalue weighted by Gasteiger charge is -2.05. The summed E-state index contributed by atoms with van der Waals surface area (Å²) in [6.45, 7) is 0. The lowest BCUT2D eigenvalue weighted by Crippen LogP contribution is -2.10. The first-order valence-electron chi connectivity index (χ1n) is 7.22. The molecule has 6 nitrogen and oxygen atoms in total. The molecule has 0 aliphatic heterocycles. The first-order chi connectivity index (χ1) is 12.3. The van der Waals surface area contributed by atoms with E-state index in [2.05, 4.69) is 5.32 Å². The van der Waals surface area contributed by atoms with Crippen molar-refractivity contribution in [2.75, 3.05) is 5.32 Å². The van der Waals surface area contributed by atoms with E-state index >= 15 is 0 Å². The first kappa shape index (κ1) is 18.5. The number of halogens is 2. The van der Waals surface area contributed by atoms with Crippen LogP contribution in [0, 0.1) is 4.78 Å². The van der Waals surface area contributed by atoms with Crippen molar-refractivity contribution in [3.05, 3.63) is 70.4 Å². The minimum atomic E-state index is -3.79. The Bertz CT molecular complexity index is 1080. The minimum Gasteiger partial charge on any atom is -0.451 e. The molecule has 134 valence electrons. The van der Waals surface area contributed by atoms with E-state index in [-0.39, 0.29) is 10.7 Å². The molecule has 0 aliphatic rings. The second kappa shape index (κ2) is 7.13. The SMILES string of the molecule is N=S(=O)(O)c1ccc(NC(=O)c2ccc(-c3cccc(Cl)c3Cl)o2)cc1. The monoisotopic (exact) mass is 410 g/mol. The molecule has 0 fully saturated rings. The third-order valence-corrected chi connectivity index (χ3v) is 5.21. The molecule has 9 heteroatoms. The van der Waals surface area contributed by atoms with Gasteiger partial charge in [0.2, 0.25) is 0 Å². The molecular formula is C17H12Cl2N2O4S. The molecule has 1 amide bonds. The van der Waals surface area contributed by atoms with Gasteiger partial charge in [-0.15, -0.1) is 0 Å². The molecule has 0 spiro atoms. The van der Waals surface area contributed by atoms with E-state index in [1.165, 1.54) is 30.3 Å². The Balaban J connectivity index is 1.79. The zero-order valence-electron chi connectivity index (χ0n) is 13.0. The molecule has 0 saturated carbocycles. The van der Waals surface area contributed by atoms with E-state index in [0.29, 0.717) is 27.1 Å². The summed E-state index contributed by atoms with van der Waals surface area (Å²) in [4.78, 5) is 12.2. The van der Waals surface area contributed by atoms with Gasteiger partial charge < -0.3 is 9.73 Å². The van der Waals surface area contributed by atoms with Crippen LogP contribution >= 0.6 is 23.2 Å². The smallest absolute Gasteiger partial charge is 0.291 e. The zero-order valence-corrected chi connectivity index (χ0v) is 15.4. The fraction of sp³-hybridized carbons (Fsp3) is 0. The maximum absolute atomic E-state index is 12.3. The Morgan fingerprint density at radius 3 is 2.42 bits per heavy atom. The average molecular weight is 411 g/mol. The summed E-state index contributed by atoms with van der Waals surface area (Å²) in [6.07, 6.45) is 0. The van der Waals surface area contributed by atoms with E-state index in [0.717, 1.165) is 0 Å². The van der Waals surface area contributed by atoms with Crippen molar-refractivity contribution >= 4 is 44.8 Å². The Morgan fingerprint density at radius 1 is 1.08 bits per heavy atom. The molecule has 3 N–H and O–H groups in total. The summed E-state index contributed by atoms with van der Waals surface area (Å²) in [7, 11) is -3.79. The molecule has 0 bridgehead atoms. The van der Waals surface area contributed by atoms with E-state index < -0.39 is 15.9 Å². The quantitative estimate of drug-likeness (QED) is 0.536. The number of carbonyl (C=O) groups excluding carboxylic acids is 1. The highest BCUT2D eigenvalue weighted by Crippen LogP contribution is 2.34. The van der Waals surface area contributed by atoms with Crippen LogP contribution in [0.4, 0.5) is 5.69 Å². The van der Waals surface area contributed by atoms with Crippen LogP contribution < -0.4 is 5.32 Å². The van der Waals surface area contributed by atoms with Crippen molar-refractivity contribution in [1.29, 1.82) is 4.78 Å². The number of furan rings is 1. The summed E-state index contributed by atoms with van der Waals surface area (Å²) >= 11 is 12.1. The van der Waals surface area contributed by atoms with Gasteiger partial charge in [-0.05, 0) is 48.5 Å². The van der Waals surface area contributed by atoms with Gasteiger partial charge in [0.25, 0.3) is 5.91 Å². The molecule has 3 aromatic rings. The van der Waals surface area contributed by atoms with E-state index in [1.54, 1.807) is 24.3 Å². The lowest BCUT2D eigenvalue weighted by atomic mass is 10.2. The van der Waals surface area contributed by atoms with Gasteiger partial charge in [-0.1, -0.05) is 29.3 Å². The van der Waals surface area contributed by atoms with Crippen LogP contribution in [0.25, 0.3) is 11.3 Å². The highest BCUT2D eigenvalue weighted by Gasteiger charge is 2.15. The highest BCUT2D eigenvalue weighted by molar-refractivity contribution is 7.86. The van der Waals surface area contributed by atoms with Gasteiger partial charge in [-0.25, -0.2) is 8.99 Å². The Kier molecular flexibility index (Phi) is 5.06. The normalized spacial score (nSPS) is 13.2. The van der Waals surface area contributed by atoms with Crippen LogP contribution in [0.3, 0.4) is 0 Å². The predicted molar refractivity (Wildman–Crippen MR) is 100 cm³/mol. The van der Waals surface area contributed by atoms with Crippen molar-refractivity contribution in [2.24, 2.45) is 0 Å². The van der Waals surface area contributed by atoms with Gasteiger partial charge in [0.05, 0.1) is 14.9 Å². The molecule has 1 heterocycles. The highest BCUT2D eigenvalue weighted by atomic mass is 35.5. The third kappa shape index (κ3) is 3.91. The number of hydrogen-bond acceptors (Lipinski definition) is 4. The molecule has 2 aromatic carbocycles. The molecule has 26 heavy (non-hydrogen) atoms. The molecule has 3 rings (SSSR count). The fourth-order valence-electron chi connectivity index (χ4n) is 2.21. The molecule has 0 saturated heterocycles. The van der Waals surface area contributed by atoms with Gasteiger partial charge in [0, 0.05) is 11.3 Å². The molecular weight excluding hydrogens is 399 g/mol. The summed E-state index contributed by atoms with van der Waals surface area (Å²) in [5.74, 6) is -0.0449. The van der Waals surface area contributed by atoms with Gasteiger partial charge in [0.15, 0.2) is 15.8 Å². The fourth-order valence-corrected chi connectivity index (χ4v) is 3.11. The summed E-state index contributed by atoms with van der Waals surface area (Å²) in [5, 5.41) is 3.30. The van der Waals surface area contributed by atoms with Crippen molar-refractivity contribution in [3.8, 4) is 11.3 Å². The topological polar surface area (TPSA) is 103 Å². The molecule has 0 radical (unpaired) electrons. The van der Waals surface area contributed by atoms with Gasteiger partial charge in [-0.3, -0.25) is 9.35 Å². The van der Waals surface area contributed by atoms with E-state index in [9.17, 15) is 9.00 Å². The summed E-state index contributed by atoms with van der Waals surface area (Å²) < 4.78 is 33.0. The molecule has 1 unspecified atom stereocenters. The van der Waals surface area contributed by atoms with Crippen molar-refractivity contribution in [3.63, 3.8) is 0 Å². The second-order valence-electron chi connectivity index (χ2n) is 5.27. The molecule has 1 atom stereocenters. The molecule has 1 aromatic heterocycles. The number of amides is 1. The van der Waals surface area contributed by atoms with Crippen molar-refractivity contribution < 1.29 is 18.0 Å². The number of anilines is 1. The standard InChI is InChI=1S/C17H12Cl2N2O4S/c18-13-3-1-2-12(16(13)19)14-8-9-15(25-14)17(22)21-10-4-6-11(7-5-10)26(20,23)24/h1-9H,(H,21,22)(H2,20,23,24).